The number of H-pyrrole nitrogens is 1. The second kappa shape index (κ2) is 7.67. The van der Waals surface area contributed by atoms with Gasteiger partial charge in [-0.05, 0) is 23.8 Å². The van der Waals surface area contributed by atoms with E-state index in [4.69, 9.17) is 4.74 Å². The van der Waals surface area contributed by atoms with Gasteiger partial charge in [-0.15, -0.1) is 0 Å². The molecule has 2 aromatic heterocycles. The van der Waals surface area contributed by atoms with E-state index < -0.39 is 37.1 Å². The van der Waals surface area contributed by atoms with Crippen molar-refractivity contribution in [1.82, 2.24) is 15.2 Å². The molecule has 1 aliphatic rings. The molecule has 1 aliphatic heterocycles. The Balaban J connectivity index is 1.72. The first-order valence-corrected chi connectivity index (χ1v) is 8.78. The van der Waals surface area contributed by atoms with Crippen LogP contribution >= 0.6 is 0 Å². The lowest BCUT2D eigenvalue weighted by atomic mass is 9.95. The molecule has 144 valence electrons. The average molecular weight is 381 g/mol. The monoisotopic (exact) mass is 381 g/mol. The predicted molar refractivity (Wildman–Crippen MR) is 100.0 cm³/mol. The van der Waals surface area contributed by atoms with Gasteiger partial charge in [0.25, 0.3) is 0 Å². The number of hydrogen-bond donors (Lipinski definition) is 5. The van der Waals surface area contributed by atoms with Crippen LogP contribution in [-0.2, 0) is 4.74 Å². The highest BCUT2D eigenvalue weighted by Crippen LogP contribution is 2.26. The van der Waals surface area contributed by atoms with Gasteiger partial charge in [0, 0.05) is 23.3 Å². The van der Waals surface area contributed by atoms with Gasteiger partial charge >= 0.3 is 0 Å². The fourth-order valence-electron chi connectivity index (χ4n) is 3.23. The minimum Gasteiger partial charge on any atom is -0.394 e. The number of aromatic nitrogens is 3. The van der Waals surface area contributed by atoms with Gasteiger partial charge in [0.05, 0.1) is 23.9 Å². The molecule has 1 aromatic carbocycles. The number of nitrogens with one attached hydrogen (secondary N) is 1. The molecule has 28 heavy (non-hydrogen) atoms. The Bertz CT molecular complexity index is 1020. The maximum atomic E-state index is 10.2. The number of ether oxygens (including phenoxy) is 1. The lowest BCUT2D eigenvalue weighted by Crippen LogP contribution is -2.58. The zero-order valence-electron chi connectivity index (χ0n) is 14.7. The van der Waals surface area contributed by atoms with Crippen molar-refractivity contribution in [1.29, 1.82) is 0 Å². The molecule has 0 radical (unpaired) electrons. The zero-order valence-corrected chi connectivity index (χ0v) is 14.7. The maximum absolute atomic E-state index is 10.2. The highest BCUT2D eigenvalue weighted by Gasteiger charge is 2.42. The molecule has 0 amide bonds. The van der Waals surface area contributed by atoms with Crippen molar-refractivity contribution in [3.05, 3.63) is 48.4 Å². The van der Waals surface area contributed by atoms with Crippen molar-refractivity contribution < 1.29 is 25.2 Å². The highest BCUT2D eigenvalue weighted by molar-refractivity contribution is 5.89. The summed E-state index contributed by atoms with van der Waals surface area (Å²) in [5.41, 5.74) is 3.18. The van der Waals surface area contributed by atoms with Crippen molar-refractivity contribution >= 4 is 10.9 Å². The summed E-state index contributed by atoms with van der Waals surface area (Å²) >= 11 is 0. The second-order valence-corrected chi connectivity index (χ2v) is 6.62. The number of aliphatic hydroxyl groups is 4. The number of rotatable bonds is 2. The van der Waals surface area contributed by atoms with Crippen LogP contribution in [0.4, 0.5) is 0 Å². The highest BCUT2D eigenvalue weighted by atomic mass is 16.5. The maximum Gasteiger partial charge on any atom is 0.147 e. The zero-order chi connectivity index (χ0) is 19.7. The van der Waals surface area contributed by atoms with E-state index in [-0.39, 0.29) is 0 Å². The smallest absolute Gasteiger partial charge is 0.147 e. The molecule has 0 saturated carbocycles. The predicted octanol–water partition coefficient (Wildman–Crippen LogP) is -0.181. The Labute approximate surface area is 160 Å². The molecule has 0 aliphatic carbocycles. The minimum absolute atomic E-state index is 0.496. The first-order valence-electron chi connectivity index (χ1n) is 8.78. The molecule has 3 heterocycles. The normalized spacial score (nSPS) is 27.4. The third-order valence-corrected chi connectivity index (χ3v) is 4.79. The number of fused-ring (bicyclic) bond motifs is 1. The lowest BCUT2D eigenvalue weighted by molar-refractivity contribution is -0.214. The van der Waals surface area contributed by atoms with E-state index in [1.54, 1.807) is 18.6 Å². The molecule has 1 fully saturated rings. The molecule has 3 aromatic rings. The molecule has 5 N–H and O–H groups in total. The Kier molecular flexibility index (Phi) is 5.09. The lowest BCUT2D eigenvalue weighted by Gasteiger charge is -2.37. The van der Waals surface area contributed by atoms with Gasteiger partial charge in [0.15, 0.2) is 0 Å². The molecule has 4 rings (SSSR count). The van der Waals surface area contributed by atoms with E-state index in [9.17, 15) is 20.4 Å². The molecule has 0 spiro atoms. The number of nitrogens with zero attached hydrogens (tertiary/aromatic N) is 2. The summed E-state index contributed by atoms with van der Waals surface area (Å²) in [6, 6.07) is 7.61. The van der Waals surface area contributed by atoms with Crippen LogP contribution in [0.15, 0.2) is 42.9 Å². The summed E-state index contributed by atoms with van der Waals surface area (Å²) in [5.74, 6) is 5.76. The summed E-state index contributed by atoms with van der Waals surface area (Å²) in [6.07, 6.45) is -1.19. The van der Waals surface area contributed by atoms with Crippen molar-refractivity contribution in [3.63, 3.8) is 0 Å². The van der Waals surface area contributed by atoms with E-state index in [2.05, 4.69) is 27.0 Å². The van der Waals surface area contributed by atoms with E-state index >= 15 is 0 Å². The minimum atomic E-state index is -1.46. The molecule has 5 atom stereocenters. The van der Waals surface area contributed by atoms with Crippen LogP contribution in [-0.4, -0.2) is 72.7 Å². The van der Waals surface area contributed by atoms with Gasteiger partial charge in [-0.2, -0.15) is 5.10 Å². The largest absolute Gasteiger partial charge is 0.394 e. The number of hydrogen-bond acceptors (Lipinski definition) is 7. The molecule has 8 heteroatoms. The summed E-state index contributed by atoms with van der Waals surface area (Å²) in [6.45, 7) is -0.496. The quantitative estimate of drug-likeness (QED) is 0.389. The first-order chi connectivity index (χ1) is 13.6. The standard InChI is InChI=1S/C20H19N3O5/c24-10-16-19(26)20(27)18(25)15(28-16)4-3-11-6-13(12-2-1-5-21-8-12)7-14-9-22-23-17(11)14/h1-2,5-9,15-16,18-20,24-27H,10H2,(H,22,23)/t15?,16?,18?,19-,20?/m1/s1. The van der Waals surface area contributed by atoms with Crippen LogP contribution in [0, 0.1) is 11.8 Å². The van der Waals surface area contributed by atoms with Crippen molar-refractivity contribution in [2.24, 2.45) is 0 Å². The molecule has 8 nitrogen and oxygen atoms in total. The van der Waals surface area contributed by atoms with Gasteiger partial charge in [-0.25, -0.2) is 0 Å². The fraction of sp³-hybridized carbons (Fsp3) is 0.300. The summed E-state index contributed by atoms with van der Waals surface area (Å²) in [4.78, 5) is 4.13. The molecule has 4 unspecified atom stereocenters. The Morgan fingerprint density at radius 2 is 1.93 bits per heavy atom. The van der Waals surface area contributed by atoms with E-state index in [0.717, 1.165) is 22.0 Å². The molecular weight excluding hydrogens is 362 g/mol. The van der Waals surface area contributed by atoms with Crippen LogP contribution in [0.5, 0.6) is 0 Å². The van der Waals surface area contributed by atoms with Crippen molar-refractivity contribution in [2.75, 3.05) is 6.61 Å². The summed E-state index contributed by atoms with van der Waals surface area (Å²) in [7, 11) is 0. The van der Waals surface area contributed by atoms with Crippen molar-refractivity contribution in [3.8, 4) is 23.0 Å². The Morgan fingerprint density at radius 1 is 1.07 bits per heavy atom. The second-order valence-electron chi connectivity index (χ2n) is 6.62. The van der Waals surface area contributed by atoms with E-state index in [1.807, 2.05) is 24.3 Å². The third-order valence-electron chi connectivity index (χ3n) is 4.79. The van der Waals surface area contributed by atoms with Gasteiger partial charge in [-0.1, -0.05) is 17.9 Å². The van der Waals surface area contributed by atoms with Crippen LogP contribution in [0.3, 0.4) is 0 Å². The van der Waals surface area contributed by atoms with Gasteiger partial charge in [0.2, 0.25) is 0 Å². The average Bonchev–Trinajstić information content (AvgIpc) is 3.21. The van der Waals surface area contributed by atoms with Gasteiger partial charge < -0.3 is 25.2 Å². The summed E-state index contributed by atoms with van der Waals surface area (Å²) < 4.78 is 5.44. The fourth-order valence-corrected chi connectivity index (χ4v) is 3.23. The SMILES string of the molecule is OCC1OC(C#Cc2cc(-c3cccnc3)cc3cn[nH]c23)C(O)C(O)[C@@H]1O. The first kappa shape index (κ1) is 18.6. The Morgan fingerprint density at radius 3 is 2.68 bits per heavy atom. The third kappa shape index (κ3) is 3.38. The van der Waals surface area contributed by atoms with Crippen LogP contribution < -0.4 is 0 Å². The van der Waals surface area contributed by atoms with Crippen LogP contribution in [0.25, 0.3) is 22.0 Å². The molecule has 1 saturated heterocycles. The number of pyridine rings is 1. The van der Waals surface area contributed by atoms with Gasteiger partial charge in [-0.3, -0.25) is 10.1 Å². The number of aromatic amines is 1. The molecular formula is C20H19N3O5. The van der Waals surface area contributed by atoms with E-state index in [0.29, 0.717) is 5.56 Å². The van der Waals surface area contributed by atoms with Crippen LogP contribution in [0.1, 0.15) is 5.56 Å². The van der Waals surface area contributed by atoms with Crippen LogP contribution in [0.2, 0.25) is 0 Å². The molecule has 0 bridgehead atoms. The Hall–Kier alpha value is -2.80. The number of aliphatic hydroxyl groups excluding tert-OH is 4. The summed E-state index contributed by atoms with van der Waals surface area (Å²) in [5, 5.41) is 47.1. The topological polar surface area (TPSA) is 132 Å². The number of benzene rings is 1. The van der Waals surface area contributed by atoms with Gasteiger partial charge in [0.1, 0.15) is 30.5 Å². The van der Waals surface area contributed by atoms with Crippen molar-refractivity contribution in [2.45, 2.75) is 30.5 Å². The van der Waals surface area contributed by atoms with E-state index in [1.165, 1.54) is 0 Å².